The fourth-order valence-corrected chi connectivity index (χ4v) is 4.05. The number of rotatable bonds is 5. The van der Waals surface area contributed by atoms with E-state index >= 15 is 0 Å². The Morgan fingerprint density at radius 1 is 1.24 bits per heavy atom. The molecule has 0 saturated carbocycles. The average Bonchev–Trinajstić information content (AvgIpc) is 2.77. The highest BCUT2D eigenvalue weighted by Gasteiger charge is 2.28. The van der Waals surface area contributed by atoms with Crippen molar-refractivity contribution in [1.29, 1.82) is 0 Å². The molecule has 0 bridgehead atoms. The van der Waals surface area contributed by atoms with Gasteiger partial charge in [-0.1, -0.05) is 12.1 Å². The quantitative estimate of drug-likeness (QED) is 0.772. The van der Waals surface area contributed by atoms with Crippen LogP contribution in [0.15, 0.2) is 30.5 Å². The summed E-state index contributed by atoms with van der Waals surface area (Å²) in [5.74, 6) is 2.25. The van der Waals surface area contributed by atoms with Crippen LogP contribution in [0.4, 0.5) is 0 Å². The van der Waals surface area contributed by atoms with Gasteiger partial charge in [0, 0.05) is 56.0 Å². The third-order valence-corrected chi connectivity index (χ3v) is 5.70. The number of likely N-dealkylation sites (tertiary alicyclic amines) is 1. The van der Waals surface area contributed by atoms with Gasteiger partial charge in [-0.2, -0.15) is 0 Å². The van der Waals surface area contributed by atoms with Crippen molar-refractivity contribution in [3.63, 3.8) is 0 Å². The number of carbonyl (C=O) groups is 1. The minimum atomic E-state index is -0.0137. The lowest BCUT2D eigenvalue weighted by atomic mass is 9.96. The third-order valence-electron chi connectivity index (χ3n) is 5.70. The van der Waals surface area contributed by atoms with E-state index in [9.17, 15) is 4.79 Å². The zero-order valence-corrected chi connectivity index (χ0v) is 17.1. The second-order valence-electron chi connectivity index (χ2n) is 7.81. The van der Waals surface area contributed by atoms with Crippen molar-refractivity contribution in [2.45, 2.75) is 31.7 Å². The Bertz CT molecular complexity index is 873. The van der Waals surface area contributed by atoms with Gasteiger partial charge < -0.3 is 19.3 Å². The number of hydrogen-bond donors (Lipinski definition) is 0. The molecule has 0 radical (unpaired) electrons. The van der Waals surface area contributed by atoms with Gasteiger partial charge in [0.2, 0.25) is 0 Å². The minimum Gasteiger partial charge on any atom is -0.493 e. The van der Waals surface area contributed by atoms with E-state index < -0.39 is 0 Å². The van der Waals surface area contributed by atoms with Crippen molar-refractivity contribution in [3.05, 3.63) is 47.5 Å². The van der Waals surface area contributed by atoms with E-state index in [2.05, 4.69) is 16.9 Å². The van der Waals surface area contributed by atoms with E-state index in [1.54, 1.807) is 7.11 Å². The molecule has 29 heavy (non-hydrogen) atoms. The molecule has 3 heterocycles. The smallest absolute Gasteiger partial charge is 0.260 e. The van der Waals surface area contributed by atoms with Gasteiger partial charge in [-0.05, 0) is 32.0 Å². The van der Waals surface area contributed by atoms with Crippen molar-refractivity contribution < 1.29 is 14.3 Å². The number of carbonyl (C=O) groups excluding carboxylic acids is 1. The number of nitrogens with zero attached hydrogens (tertiary/aromatic N) is 4. The number of hydrogen-bond acceptors (Lipinski definition) is 6. The molecule has 4 rings (SSSR count). The molecular formula is C22H28N4O3. The predicted octanol–water partition coefficient (Wildman–Crippen LogP) is 2.26. The summed E-state index contributed by atoms with van der Waals surface area (Å²) in [5, 5.41) is 0. The molecule has 7 nitrogen and oxygen atoms in total. The first kappa shape index (κ1) is 19.6. The normalized spacial score (nSPS) is 19.5. The van der Waals surface area contributed by atoms with Crippen LogP contribution < -0.4 is 9.47 Å². The molecule has 1 amide bonds. The van der Waals surface area contributed by atoms with Gasteiger partial charge in [-0.15, -0.1) is 0 Å². The molecule has 1 atom stereocenters. The number of benzene rings is 1. The lowest BCUT2D eigenvalue weighted by Crippen LogP contribution is -2.42. The summed E-state index contributed by atoms with van der Waals surface area (Å²) in [4.78, 5) is 26.4. The van der Waals surface area contributed by atoms with Crippen LogP contribution in [-0.2, 0) is 17.8 Å². The highest BCUT2D eigenvalue weighted by Crippen LogP contribution is 2.28. The van der Waals surface area contributed by atoms with Crippen LogP contribution in [0.3, 0.4) is 0 Å². The second kappa shape index (κ2) is 8.78. The molecular weight excluding hydrogens is 368 g/mol. The number of amides is 1. The highest BCUT2D eigenvalue weighted by atomic mass is 16.5. The van der Waals surface area contributed by atoms with E-state index in [1.165, 1.54) is 5.56 Å². The summed E-state index contributed by atoms with van der Waals surface area (Å²) in [6.07, 6.45) is 4.90. The molecule has 0 aliphatic carbocycles. The molecule has 1 fully saturated rings. The Balaban J connectivity index is 1.38. The standard InChI is InChI=1S/C22H28N4O3/c1-25-11-9-18-17(13-25)12-23-22(24-18)16-6-5-10-26(14-16)21(27)15-29-20-8-4-3-7-19(20)28-2/h3-4,7-8,12,16H,5-6,9-11,13-15H2,1-2H3/t16-/m1/s1. The monoisotopic (exact) mass is 396 g/mol. The molecule has 1 aromatic heterocycles. The number of aromatic nitrogens is 2. The van der Waals surface area contributed by atoms with Crippen LogP contribution in [0.5, 0.6) is 11.5 Å². The molecule has 0 unspecified atom stereocenters. The van der Waals surface area contributed by atoms with Gasteiger partial charge in [0.15, 0.2) is 18.1 Å². The summed E-state index contributed by atoms with van der Waals surface area (Å²) in [7, 11) is 3.71. The Hall–Kier alpha value is -2.67. The maximum absolute atomic E-state index is 12.7. The molecule has 1 saturated heterocycles. The van der Waals surface area contributed by atoms with E-state index in [1.807, 2.05) is 35.4 Å². The molecule has 0 spiro atoms. The summed E-state index contributed by atoms with van der Waals surface area (Å²) in [5.41, 5.74) is 2.38. The molecule has 154 valence electrons. The Kier molecular flexibility index (Phi) is 5.94. The molecule has 7 heteroatoms. The first-order valence-electron chi connectivity index (χ1n) is 10.2. The van der Waals surface area contributed by atoms with Crippen molar-refractivity contribution in [2.24, 2.45) is 0 Å². The van der Waals surface area contributed by atoms with Crippen molar-refractivity contribution in [2.75, 3.05) is 40.4 Å². The fourth-order valence-electron chi connectivity index (χ4n) is 4.05. The summed E-state index contributed by atoms with van der Waals surface area (Å²) in [6.45, 7) is 3.34. The van der Waals surface area contributed by atoms with Crippen molar-refractivity contribution in [3.8, 4) is 11.5 Å². The van der Waals surface area contributed by atoms with Gasteiger partial charge in [0.1, 0.15) is 5.82 Å². The SMILES string of the molecule is COc1ccccc1OCC(=O)N1CCC[C@@H](c2ncc3c(n2)CCN(C)C3)C1. The minimum absolute atomic E-state index is 0.00444. The van der Waals surface area contributed by atoms with E-state index in [0.717, 1.165) is 50.4 Å². The highest BCUT2D eigenvalue weighted by molar-refractivity contribution is 5.78. The van der Waals surface area contributed by atoms with Gasteiger partial charge in [0.05, 0.1) is 7.11 Å². The molecule has 2 aliphatic rings. The van der Waals surface area contributed by atoms with E-state index in [4.69, 9.17) is 14.5 Å². The van der Waals surface area contributed by atoms with Crippen LogP contribution in [0.25, 0.3) is 0 Å². The molecule has 2 aliphatic heterocycles. The Morgan fingerprint density at radius 2 is 2.07 bits per heavy atom. The summed E-state index contributed by atoms with van der Waals surface area (Å²) >= 11 is 0. The fraction of sp³-hybridized carbons (Fsp3) is 0.500. The number of fused-ring (bicyclic) bond motifs is 1. The van der Waals surface area contributed by atoms with Gasteiger partial charge in [0.25, 0.3) is 5.91 Å². The van der Waals surface area contributed by atoms with Crippen molar-refractivity contribution >= 4 is 5.91 Å². The van der Waals surface area contributed by atoms with E-state index in [0.29, 0.717) is 18.0 Å². The van der Waals surface area contributed by atoms with Gasteiger partial charge in [-0.25, -0.2) is 9.97 Å². The van der Waals surface area contributed by atoms with Crippen LogP contribution in [0.1, 0.15) is 35.8 Å². The number of likely N-dealkylation sites (N-methyl/N-ethyl adjacent to an activating group) is 1. The zero-order valence-electron chi connectivity index (χ0n) is 17.1. The first-order chi connectivity index (χ1) is 14.1. The van der Waals surface area contributed by atoms with E-state index in [-0.39, 0.29) is 18.4 Å². The topological polar surface area (TPSA) is 67.8 Å². The number of methoxy groups -OCH3 is 1. The largest absolute Gasteiger partial charge is 0.493 e. The van der Waals surface area contributed by atoms with Crippen LogP contribution >= 0.6 is 0 Å². The molecule has 0 N–H and O–H groups in total. The van der Waals surface area contributed by atoms with Gasteiger partial charge in [-0.3, -0.25) is 4.79 Å². The van der Waals surface area contributed by atoms with Gasteiger partial charge >= 0.3 is 0 Å². The van der Waals surface area contributed by atoms with Crippen LogP contribution in [0, 0.1) is 0 Å². The third kappa shape index (κ3) is 4.50. The number of piperidine rings is 1. The lowest BCUT2D eigenvalue weighted by Gasteiger charge is -2.32. The number of ether oxygens (including phenoxy) is 2. The predicted molar refractivity (Wildman–Crippen MR) is 109 cm³/mol. The second-order valence-corrected chi connectivity index (χ2v) is 7.81. The molecule has 1 aromatic carbocycles. The van der Waals surface area contributed by atoms with Crippen LogP contribution in [0.2, 0.25) is 0 Å². The molecule has 2 aromatic rings. The van der Waals surface area contributed by atoms with Crippen molar-refractivity contribution in [1.82, 2.24) is 19.8 Å². The Morgan fingerprint density at radius 3 is 2.90 bits per heavy atom. The first-order valence-corrected chi connectivity index (χ1v) is 10.2. The average molecular weight is 396 g/mol. The summed E-state index contributed by atoms with van der Waals surface area (Å²) < 4.78 is 11.0. The maximum atomic E-state index is 12.7. The lowest BCUT2D eigenvalue weighted by molar-refractivity contribution is -0.134. The van der Waals surface area contributed by atoms with Crippen LogP contribution in [-0.4, -0.2) is 66.1 Å². The summed E-state index contributed by atoms with van der Waals surface area (Å²) in [6, 6.07) is 7.37. The Labute approximate surface area is 171 Å². The number of para-hydroxylation sites is 2. The zero-order chi connectivity index (χ0) is 20.2. The maximum Gasteiger partial charge on any atom is 0.260 e.